The van der Waals surface area contributed by atoms with Crippen LogP contribution >= 0.6 is 0 Å². The zero-order chi connectivity index (χ0) is 12.8. The van der Waals surface area contributed by atoms with Gasteiger partial charge in [-0.05, 0) is 25.8 Å². The van der Waals surface area contributed by atoms with Gasteiger partial charge in [0.1, 0.15) is 0 Å². The molecule has 1 atom stereocenters. The molecule has 17 heavy (non-hydrogen) atoms. The van der Waals surface area contributed by atoms with E-state index in [0.717, 1.165) is 17.5 Å². The molecule has 4 heteroatoms. The number of nitro benzene ring substituents is 1. The van der Waals surface area contributed by atoms with E-state index in [4.69, 9.17) is 0 Å². The van der Waals surface area contributed by atoms with E-state index in [2.05, 4.69) is 18.8 Å². The second kappa shape index (κ2) is 6.15. The van der Waals surface area contributed by atoms with Gasteiger partial charge in [-0.1, -0.05) is 18.2 Å². The van der Waals surface area contributed by atoms with Crippen LogP contribution in [0.15, 0.2) is 30.9 Å². The maximum Gasteiger partial charge on any atom is 0.272 e. The molecule has 0 bridgehead atoms. The van der Waals surface area contributed by atoms with Gasteiger partial charge in [0.05, 0.1) is 4.92 Å². The predicted molar refractivity (Wildman–Crippen MR) is 68.9 cm³/mol. The molecule has 1 rings (SSSR count). The molecule has 92 valence electrons. The van der Waals surface area contributed by atoms with Gasteiger partial charge < -0.3 is 5.32 Å². The van der Waals surface area contributed by atoms with Crippen molar-refractivity contribution in [2.24, 2.45) is 0 Å². The van der Waals surface area contributed by atoms with Gasteiger partial charge >= 0.3 is 0 Å². The van der Waals surface area contributed by atoms with Gasteiger partial charge in [-0.2, -0.15) is 0 Å². The molecule has 0 fully saturated rings. The minimum atomic E-state index is -0.341. The zero-order valence-electron chi connectivity index (χ0n) is 10.3. The predicted octanol–water partition coefficient (Wildman–Crippen LogP) is 2.96. The van der Waals surface area contributed by atoms with Crippen molar-refractivity contribution in [3.05, 3.63) is 52.1 Å². The summed E-state index contributed by atoms with van der Waals surface area (Å²) in [4.78, 5) is 10.4. The molecule has 0 radical (unpaired) electrons. The lowest BCUT2D eigenvalue weighted by Gasteiger charge is -2.13. The molecule has 1 aromatic carbocycles. The lowest BCUT2D eigenvalue weighted by Crippen LogP contribution is -2.25. The summed E-state index contributed by atoms with van der Waals surface area (Å²) in [5, 5.41) is 14.1. The van der Waals surface area contributed by atoms with Crippen LogP contribution in [-0.2, 0) is 6.54 Å². The van der Waals surface area contributed by atoms with Gasteiger partial charge in [-0.15, -0.1) is 6.58 Å². The summed E-state index contributed by atoms with van der Waals surface area (Å²) in [5.41, 5.74) is 1.88. The maximum atomic E-state index is 10.8. The monoisotopic (exact) mass is 234 g/mol. The van der Waals surface area contributed by atoms with Crippen molar-refractivity contribution < 1.29 is 4.92 Å². The van der Waals surface area contributed by atoms with Crippen LogP contribution in [-0.4, -0.2) is 11.0 Å². The van der Waals surface area contributed by atoms with E-state index in [1.165, 1.54) is 6.07 Å². The first kappa shape index (κ1) is 13.4. The van der Waals surface area contributed by atoms with Crippen molar-refractivity contribution in [3.8, 4) is 0 Å². The molecule has 0 saturated heterocycles. The second-order valence-electron chi connectivity index (χ2n) is 4.12. The first-order valence-electron chi connectivity index (χ1n) is 5.63. The number of hydrogen-bond acceptors (Lipinski definition) is 3. The highest BCUT2D eigenvalue weighted by atomic mass is 16.6. The molecule has 0 aliphatic carbocycles. The molecule has 1 N–H and O–H groups in total. The number of hydrogen-bond donors (Lipinski definition) is 1. The lowest BCUT2D eigenvalue weighted by molar-refractivity contribution is -0.385. The maximum absolute atomic E-state index is 10.8. The summed E-state index contributed by atoms with van der Waals surface area (Å²) >= 11 is 0. The van der Waals surface area contributed by atoms with Gasteiger partial charge in [-0.25, -0.2) is 0 Å². The fourth-order valence-electron chi connectivity index (χ4n) is 1.68. The highest BCUT2D eigenvalue weighted by Crippen LogP contribution is 2.20. The van der Waals surface area contributed by atoms with Crippen molar-refractivity contribution in [1.82, 2.24) is 5.32 Å². The molecular formula is C13H18N2O2. The molecule has 4 nitrogen and oxygen atoms in total. The number of nitro groups is 1. The molecule has 0 heterocycles. The van der Waals surface area contributed by atoms with Gasteiger partial charge in [0.25, 0.3) is 5.69 Å². The number of benzene rings is 1. The highest BCUT2D eigenvalue weighted by Gasteiger charge is 2.13. The molecule has 0 aliphatic heterocycles. The van der Waals surface area contributed by atoms with Crippen LogP contribution in [0.3, 0.4) is 0 Å². The molecule has 0 aromatic heterocycles. The highest BCUT2D eigenvalue weighted by molar-refractivity contribution is 5.44. The molecular weight excluding hydrogens is 216 g/mol. The van der Waals surface area contributed by atoms with E-state index < -0.39 is 0 Å². The second-order valence-corrected chi connectivity index (χ2v) is 4.12. The molecule has 1 aromatic rings. The van der Waals surface area contributed by atoms with E-state index in [9.17, 15) is 10.1 Å². The summed E-state index contributed by atoms with van der Waals surface area (Å²) in [6, 6.07) is 5.49. The Morgan fingerprint density at radius 1 is 1.59 bits per heavy atom. The van der Waals surface area contributed by atoms with Gasteiger partial charge in [0.15, 0.2) is 0 Å². The first-order chi connectivity index (χ1) is 8.06. The van der Waals surface area contributed by atoms with Gasteiger partial charge in [0, 0.05) is 24.2 Å². The van der Waals surface area contributed by atoms with Crippen LogP contribution < -0.4 is 5.32 Å². The number of nitrogens with zero attached hydrogens (tertiary/aromatic N) is 1. The molecule has 0 spiro atoms. The molecule has 1 unspecified atom stereocenters. The number of nitrogens with one attached hydrogen (secondary N) is 1. The van der Waals surface area contributed by atoms with Crippen molar-refractivity contribution in [2.75, 3.05) is 0 Å². The van der Waals surface area contributed by atoms with Gasteiger partial charge in [-0.3, -0.25) is 10.1 Å². The van der Waals surface area contributed by atoms with E-state index >= 15 is 0 Å². The van der Waals surface area contributed by atoms with Crippen molar-refractivity contribution in [3.63, 3.8) is 0 Å². The Bertz CT molecular complexity index is 416. The summed E-state index contributed by atoms with van der Waals surface area (Å²) in [6.45, 7) is 8.17. The van der Waals surface area contributed by atoms with E-state index in [1.54, 1.807) is 13.0 Å². The molecule has 0 aliphatic rings. The normalized spacial score (nSPS) is 12.1. The average molecular weight is 234 g/mol. The van der Waals surface area contributed by atoms with Crippen LogP contribution in [0.25, 0.3) is 0 Å². The Labute approximate surface area is 101 Å². The molecule has 0 amide bonds. The summed E-state index contributed by atoms with van der Waals surface area (Å²) in [6.07, 6.45) is 2.74. The minimum Gasteiger partial charge on any atom is -0.310 e. The first-order valence-corrected chi connectivity index (χ1v) is 5.63. The quantitative estimate of drug-likeness (QED) is 0.467. The summed E-state index contributed by atoms with van der Waals surface area (Å²) < 4.78 is 0. The third-order valence-electron chi connectivity index (χ3n) is 2.78. The standard InChI is InChI=1S/C13H18N2O2/c1-4-6-10(2)14-9-12-7-5-8-13(11(12)3)15(16)17/h4-5,7-8,10,14H,1,6,9H2,2-3H3. The molecule has 0 saturated carbocycles. The smallest absolute Gasteiger partial charge is 0.272 e. The Morgan fingerprint density at radius 3 is 2.88 bits per heavy atom. The fraction of sp³-hybridized carbons (Fsp3) is 0.385. The van der Waals surface area contributed by atoms with Crippen LogP contribution in [0, 0.1) is 17.0 Å². The Morgan fingerprint density at radius 2 is 2.29 bits per heavy atom. The topological polar surface area (TPSA) is 55.2 Å². The van der Waals surface area contributed by atoms with E-state index in [1.807, 2.05) is 12.1 Å². The van der Waals surface area contributed by atoms with Crippen molar-refractivity contribution in [1.29, 1.82) is 0 Å². The van der Waals surface area contributed by atoms with E-state index in [0.29, 0.717) is 12.6 Å². The van der Waals surface area contributed by atoms with Crippen molar-refractivity contribution in [2.45, 2.75) is 32.9 Å². The Hall–Kier alpha value is -1.68. The van der Waals surface area contributed by atoms with E-state index in [-0.39, 0.29) is 10.6 Å². The summed E-state index contributed by atoms with van der Waals surface area (Å²) in [5.74, 6) is 0. The fourth-order valence-corrected chi connectivity index (χ4v) is 1.68. The SMILES string of the molecule is C=CCC(C)NCc1cccc([N+](=O)[O-])c1C. The van der Waals surface area contributed by atoms with Crippen LogP contribution in [0.5, 0.6) is 0 Å². The minimum absolute atomic E-state index is 0.181. The van der Waals surface area contributed by atoms with Gasteiger partial charge in [0.2, 0.25) is 0 Å². The largest absolute Gasteiger partial charge is 0.310 e. The Kier molecular flexibility index (Phi) is 4.84. The number of rotatable bonds is 6. The van der Waals surface area contributed by atoms with Crippen LogP contribution in [0.4, 0.5) is 5.69 Å². The zero-order valence-corrected chi connectivity index (χ0v) is 10.3. The Balaban J connectivity index is 2.75. The average Bonchev–Trinajstić information content (AvgIpc) is 2.27. The van der Waals surface area contributed by atoms with Crippen LogP contribution in [0.1, 0.15) is 24.5 Å². The third kappa shape index (κ3) is 3.67. The van der Waals surface area contributed by atoms with Crippen molar-refractivity contribution >= 4 is 5.69 Å². The summed E-state index contributed by atoms with van der Waals surface area (Å²) in [7, 11) is 0. The van der Waals surface area contributed by atoms with Crippen LogP contribution in [0.2, 0.25) is 0 Å². The third-order valence-corrected chi connectivity index (χ3v) is 2.78. The lowest BCUT2D eigenvalue weighted by atomic mass is 10.1.